The van der Waals surface area contributed by atoms with E-state index in [1.807, 2.05) is 66.9 Å². The topological polar surface area (TPSA) is 167 Å². The van der Waals surface area contributed by atoms with Gasteiger partial charge in [0.1, 0.15) is 11.9 Å². The number of para-hydroxylation sites is 1. The Kier molecular flexibility index (Phi) is 13.8. The summed E-state index contributed by atoms with van der Waals surface area (Å²) in [5, 5.41) is 36.7. The van der Waals surface area contributed by atoms with Gasteiger partial charge in [-0.15, -0.1) is 0 Å². The van der Waals surface area contributed by atoms with Gasteiger partial charge in [-0.25, -0.2) is 9.18 Å². The van der Waals surface area contributed by atoms with Crippen molar-refractivity contribution in [3.63, 3.8) is 0 Å². The Labute approximate surface area is 292 Å². The molecule has 0 fully saturated rings. The number of unbranched alkanes of at least 4 members (excludes halogenated alkanes) is 1. The summed E-state index contributed by atoms with van der Waals surface area (Å²) in [4.78, 5) is 38.4. The van der Waals surface area contributed by atoms with Crippen molar-refractivity contribution < 1.29 is 34.1 Å². The van der Waals surface area contributed by atoms with Gasteiger partial charge in [0.25, 0.3) is 5.91 Å². The maximum atomic E-state index is 14.2. The van der Waals surface area contributed by atoms with Gasteiger partial charge in [0.2, 0.25) is 5.91 Å². The second-order valence-electron chi connectivity index (χ2n) is 12.8. The highest BCUT2D eigenvalue weighted by atomic mass is 19.1. The molecule has 2 amide bonds. The number of benzene rings is 3. The standard InChI is InChI=1S/C39H47FN4O6/c1-25(2)36-35(38(48)42-29-13-7-4-8-14-29)34(26-11-5-3-6-12-26)37(27-16-18-28(40)19-17-27)44(36)22-20-30(45)23-31(46)24-33(47)43-32(39(49)50)15-9-10-21-41/h3-8,11-14,16-19,25,30-32,45-46H,9-10,15,20-24,41H2,1-2H3,(H,42,48)(H,43,47)(H,49,50)/t30-,31-,32-/m1/s1. The van der Waals surface area contributed by atoms with Crippen LogP contribution in [0.2, 0.25) is 0 Å². The maximum absolute atomic E-state index is 14.2. The van der Waals surface area contributed by atoms with E-state index >= 15 is 0 Å². The van der Waals surface area contributed by atoms with E-state index < -0.39 is 35.9 Å². The Morgan fingerprint density at radius 2 is 1.48 bits per heavy atom. The molecule has 11 heteroatoms. The van der Waals surface area contributed by atoms with Gasteiger partial charge in [0, 0.05) is 23.5 Å². The predicted octanol–water partition coefficient (Wildman–Crippen LogP) is 5.93. The number of aliphatic carboxylic acids is 1. The van der Waals surface area contributed by atoms with Crippen molar-refractivity contribution in [2.24, 2.45) is 5.73 Å². The van der Waals surface area contributed by atoms with E-state index in [0.717, 1.165) is 11.3 Å². The normalized spacial score (nSPS) is 13.1. The van der Waals surface area contributed by atoms with Gasteiger partial charge in [0.05, 0.1) is 29.9 Å². The number of aliphatic hydroxyl groups is 2. The summed E-state index contributed by atoms with van der Waals surface area (Å²) in [5.41, 5.74) is 10.1. The van der Waals surface area contributed by atoms with Gasteiger partial charge in [-0.3, -0.25) is 9.59 Å². The first kappa shape index (κ1) is 38.0. The van der Waals surface area contributed by atoms with Crippen molar-refractivity contribution in [2.45, 2.75) is 83.1 Å². The number of hydrogen-bond donors (Lipinski definition) is 6. The van der Waals surface area contributed by atoms with E-state index in [1.54, 1.807) is 24.3 Å². The summed E-state index contributed by atoms with van der Waals surface area (Å²) < 4.78 is 16.2. The fraction of sp³-hybridized carbons (Fsp3) is 0.359. The van der Waals surface area contributed by atoms with Crippen LogP contribution in [-0.2, 0) is 16.1 Å². The molecule has 3 aromatic carbocycles. The second kappa shape index (κ2) is 18.2. The zero-order valence-corrected chi connectivity index (χ0v) is 28.5. The molecule has 4 aromatic rings. The number of aromatic nitrogens is 1. The molecule has 266 valence electrons. The Morgan fingerprint density at radius 1 is 0.840 bits per heavy atom. The van der Waals surface area contributed by atoms with Crippen LogP contribution in [-0.4, -0.2) is 62.5 Å². The molecule has 1 aromatic heterocycles. The number of aliphatic hydroxyl groups excluding tert-OH is 2. The molecule has 50 heavy (non-hydrogen) atoms. The molecule has 3 atom stereocenters. The minimum atomic E-state index is -1.22. The van der Waals surface area contributed by atoms with Crippen molar-refractivity contribution in [1.82, 2.24) is 9.88 Å². The second-order valence-corrected chi connectivity index (χ2v) is 12.8. The molecule has 0 aliphatic rings. The summed E-state index contributed by atoms with van der Waals surface area (Å²) in [5.74, 6) is -2.66. The van der Waals surface area contributed by atoms with Crippen molar-refractivity contribution >= 4 is 23.5 Å². The van der Waals surface area contributed by atoms with Gasteiger partial charge in [-0.2, -0.15) is 0 Å². The third kappa shape index (κ3) is 10.1. The number of carboxylic acid groups (broad SMARTS) is 1. The number of anilines is 1. The third-order valence-electron chi connectivity index (χ3n) is 8.52. The van der Waals surface area contributed by atoms with Crippen molar-refractivity contribution in [3.05, 3.63) is 102 Å². The Bertz CT molecular complexity index is 1710. The molecule has 0 saturated heterocycles. The number of rotatable bonds is 18. The van der Waals surface area contributed by atoms with Gasteiger partial charge >= 0.3 is 5.97 Å². The van der Waals surface area contributed by atoms with E-state index in [0.29, 0.717) is 47.5 Å². The first-order valence-corrected chi connectivity index (χ1v) is 17.0. The first-order chi connectivity index (χ1) is 24.0. The molecule has 1 heterocycles. The Hall–Kier alpha value is -4.84. The van der Waals surface area contributed by atoms with Gasteiger partial charge in [0.15, 0.2) is 0 Å². The summed E-state index contributed by atoms with van der Waals surface area (Å²) in [6.45, 7) is 4.61. The van der Waals surface area contributed by atoms with Crippen LogP contribution in [0.5, 0.6) is 0 Å². The summed E-state index contributed by atoms with van der Waals surface area (Å²) >= 11 is 0. The number of carboxylic acids is 1. The lowest BCUT2D eigenvalue weighted by Gasteiger charge is -2.21. The molecule has 0 unspecified atom stereocenters. The van der Waals surface area contributed by atoms with Crippen LogP contribution in [0.15, 0.2) is 84.9 Å². The fourth-order valence-electron chi connectivity index (χ4n) is 6.22. The molecule has 4 rings (SSSR count). The van der Waals surface area contributed by atoms with Gasteiger partial charge in [-0.1, -0.05) is 62.4 Å². The summed E-state index contributed by atoms with van der Waals surface area (Å²) in [6, 6.07) is 23.6. The minimum Gasteiger partial charge on any atom is -0.480 e. The molecule has 0 aliphatic carbocycles. The zero-order valence-electron chi connectivity index (χ0n) is 28.5. The lowest BCUT2D eigenvalue weighted by atomic mass is 9.94. The average Bonchev–Trinajstić information content (AvgIpc) is 3.43. The monoisotopic (exact) mass is 686 g/mol. The van der Waals surface area contributed by atoms with Crippen LogP contribution in [0.3, 0.4) is 0 Å². The fourth-order valence-corrected chi connectivity index (χ4v) is 6.22. The molecular formula is C39H47FN4O6. The smallest absolute Gasteiger partial charge is 0.326 e. The van der Waals surface area contributed by atoms with Crippen LogP contribution in [0.25, 0.3) is 22.4 Å². The third-order valence-corrected chi connectivity index (χ3v) is 8.52. The van der Waals surface area contributed by atoms with Crippen LogP contribution in [0.1, 0.15) is 74.3 Å². The SMILES string of the molecule is CC(C)c1c(C(=O)Nc2ccccc2)c(-c2ccccc2)c(-c2ccc(F)cc2)n1CC[C@@H](O)C[C@@H](O)CC(=O)N[C@H](CCCCN)C(=O)O. The number of nitrogens with two attached hydrogens (primary N) is 1. The molecule has 0 radical (unpaired) electrons. The number of amides is 2. The lowest BCUT2D eigenvalue weighted by Crippen LogP contribution is -2.42. The molecular weight excluding hydrogens is 639 g/mol. The van der Waals surface area contributed by atoms with Crippen LogP contribution < -0.4 is 16.4 Å². The Balaban J connectivity index is 1.65. The maximum Gasteiger partial charge on any atom is 0.326 e. The van der Waals surface area contributed by atoms with Crippen molar-refractivity contribution in [2.75, 3.05) is 11.9 Å². The summed E-state index contributed by atoms with van der Waals surface area (Å²) in [7, 11) is 0. The van der Waals surface area contributed by atoms with Crippen molar-refractivity contribution in [1.29, 1.82) is 0 Å². The minimum absolute atomic E-state index is 0.130. The van der Waals surface area contributed by atoms with E-state index in [1.165, 1.54) is 12.1 Å². The van der Waals surface area contributed by atoms with E-state index in [9.17, 15) is 34.1 Å². The number of halogens is 1. The largest absolute Gasteiger partial charge is 0.480 e. The van der Waals surface area contributed by atoms with Crippen LogP contribution in [0.4, 0.5) is 10.1 Å². The predicted molar refractivity (Wildman–Crippen MR) is 192 cm³/mol. The molecule has 10 nitrogen and oxygen atoms in total. The number of carbonyl (C=O) groups is 3. The van der Waals surface area contributed by atoms with E-state index in [4.69, 9.17) is 5.73 Å². The number of hydrogen-bond acceptors (Lipinski definition) is 6. The molecule has 0 aliphatic heterocycles. The Morgan fingerprint density at radius 3 is 2.08 bits per heavy atom. The van der Waals surface area contributed by atoms with Crippen molar-refractivity contribution in [3.8, 4) is 22.4 Å². The highest BCUT2D eigenvalue weighted by molar-refractivity contribution is 6.12. The van der Waals surface area contributed by atoms with Crippen LogP contribution >= 0.6 is 0 Å². The van der Waals surface area contributed by atoms with E-state index in [-0.39, 0.29) is 44.1 Å². The average molecular weight is 687 g/mol. The highest BCUT2D eigenvalue weighted by Gasteiger charge is 2.31. The first-order valence-electron chi connectivity index (χ1n) is 17.0. The van der Waals surface area contributed by atoms with Gasteiger partial charge in [-0.05, 0) is 92.1 Å². The van der Waals surface area contributed by atoms with Crippen LogP contribution in [0, 0.1) is 5.82 Å². The summed E-state index contributed by atoms with van der Waals surface area (Å²) in [6.07, 6.45) is -1.22. The lowest BCUT2D eigenvalue weighted by molar-refractivity contribution is -0.142. The van der Waals surface area contributed by atoms with E-state index in [2.05, 4.69) is 10.6 Å². The highest BCUT2D eigenvalue weighted by Crippen LogP contribution is 2.42. The molecule has 7 N–H and O–H groups in total. The number of nitrogens with one attached hydrogen (secondary N) is 2. The molecule has 0 bridgehead atoms. The zero-order chi connectivity index (χ0) is 36.2. The number of nitrogens with zero attached hydrogens (tertiary/aromatic N) is 1. The molecule has 0 saturated carbocycles. The van der Waals surface area contributed by atoms with Gasteiger partial charge < -0.3 is 36.3 Å². The molecule has 0 spiro atoms. The quantitative estimate of drug-likeness (QED) is 0.0706. The number of carbonyl (C=O) groups excluding carboxylic acids is 2.